The van der Waals surface area contributed by atoms with Crippen molar-refractivity contribution >= 4 is 17.5 Å². The average molecular weight is 352 g/mol. The Morgan fingerprint density at radius 1 is 1.15 bits per heavy atom. The average Bonchev–Trinajstić information content (AvgIpc) is 3.11. The Morgan fingerprint density at radius 2 is 1.96 bits per heavy atom. The topological polar surface area (TPSA) is 72.6 Å². The Morgan fingerprint density at radius 3 is 2.69 bits per heavy atom. The minimum absolute atomic E-state index is 0.0876. The maximum Gasteiger partial charge on any atom is 0.188 e. The zero-order chi connectivity index (χ0) is 18.1. The van der Waals surface area contributed by atoms with Crippen LogP contribution in [0.3, 0.4) is 0 Å². The number of ether oxygens (including phenoxy) is 3. The molecule has 2 aromatic carbocycles. The summed E-state index contributed by atoms with van der Waals surface area (Å²) in [5.41, 5.74) is 3.66. The van der Waals surface area contributed by atoms with E-state index < -0.39 is 0 Å². The lowest BCUT2D eigenvalue weighted by molar-refractivity contribution is 0.0511. The SMILES string of the molecule is COCOc1ccc(Cc2c(OC)c(O)c3c4c2=NCCC=4C=N3)cc1. The Hall–Kier alpha value is -2.86. The van der Waals surface area contributed by atoms with Crippen molar-refractivity contribution in [3.05, 3.63) is 46.0 Å². The first-order valence-corrected chi connectivity index (χ1v) is 8.47. The van der Waals surface area contributed by atoms with Crippen LogP contribution in [0.2, 0.25) is 0 Å². The third-order valence-corrected chi connectivity index (χ3v) is 4.65. The highest BCUT2D eigenvalue weighted by molar-refractivity contribution is 6.08. The number of aliphatic imine (C=N–C) groups is 1. The molecule has 0 saturated carbocycles. The van der Waals surface area contributed by atoms with Crippen molar-refractivity contribution in [1.29, 1.82) is 0 Å². The van der Waals surface area contributed by atoms with Gasteiger partial charge in [-0.2, -0.15) is 0 Å². The van der Waals surface area contributed by atoms with Gasteiger partial charge in [0.15, 0.2) is 18.3 Å². The van der Waals surface area contributed by atoms with Crippen LogP contribution in [0, 0.1) is 0 Å². The molecule has 0 radical (unpaired) electrons. The summed E-state index contributed by atoms with van der Waals surface area (Å²) in [6, 6.07) is 7.78. The van der Waals surface area contributed by atoms with Gasteiger partial charge < -0.3 is 19.3 Å². The molecule has 0 aromatic heterocycles. The van der Waals surface area contributed by atoms with Gasteiger partial charge in [-0.3, -0.25) is 9.98 Å². The molecule has 2 aromatic rings. The molecule has 6 nitrogen and oxygen atoms in total. The molecule has 0 spiro atoms. The van der Waals surface area contributed by atoms with E-state index in [0.717, 1.165) is 46.0 Å². The van der Waals surface area contributed by atoms with E-state index in [1.54, 1.807) is 14.2 Å². The monoisotopic (exact) mass is 352 g/mol. The third-order valence-electron chi connectivity index (χ3n) is 4.65. The lowest BCUT2D eigenvalue weighted by atomic mass is 9.97. The van der Waals surface area contributed by atoms with E-state index in [4.69, 9.17) is 19.2 Å². The molecule has 0 bridgehead atoms. The second-order valence-electron chi connectivity index (χ2n) is 6.22. The zero-order valence-electron chi connectivity index (χ0n) is 14.8. The molecule has 1 N–H and O–H groups in total. The third kappa shape index (κ3) is 2.72. The fraction of sp³-hybridized carbons (Fsp3) is 0.300. The van der Waals surface area contributed by atoms with E-state index in [1.807, 2.05) is 30.5 Å². The fourth-order valence-electron chi connectivity index (χ4n) is 3.45. The normalized spacial score (nSPS) is 14.2. The molecule has 2 aliphatic rings. The smallest absolute Gasteiger partial charge is 0.188 e. The van der Waals surface area contributed by atoms with Gasteiger partial charge in [-0.1, -0.05) is 12.1 Å². The fourth-order valence-corrected chi connectivity index (χ4v) is 3.45. The van der Waals surface area contributed by atoms with Crippen molar-refractivity contribution in [3.8, 4) is 17.2 Å². The van der Waals surface area contributed by atoms with Crippen LogP contribution in [-0.2, 0) is 11.2 Å². The molecule has 4 rings (SSSR count). The van der Waals surface area contributed by atoms with Crippen molar-refractivity contribution in [1.82, 2.24) is 0 Å². The van der Waals surface area contributed by atoms with Crippen LogP contribution < -0.4 is 20.0 Å². The van der Waals surface area contributed by atoms with Gasteiger partial charge in [0.25, 0.3) is 0 Å². The van der Waals surface area contributed by atoms with Crippen molar-refractivity contribution in [2.24, 2.45) is 9.98 Å². The zero-order valence-corrected chi connectivity index (χ0v) is 14.8. The Bertz CT molecular complexity index is 994. The molecule has 0 amide bonds. The summed E-state index contributed by atoms with van der Waals surface area (Å²) in [5.74, 6) is 1.28. The second kappa shape index (κ2) is 6.80. The van der Waals surface area contributed by atoms with Crippen LogP contribution in [0.25, 0.3) is 5.57 Å². The lowest BCUT2D eigenvalue weighted by Crippen LogP contribution is -2.34. The number of hydrogen-bond donors (Lipinski definition) is 1. The van der Waals surface area contributed by atoms with E-state index in [0.29, 0.717) is 17.9 Å². The van der Waals surface area contributed by atoms with E-state index >= 15 is 0 Å². The maximum absolute atomic E-state index is 10.6. The van der Waals surface area contributed by atoms with Gasteiger partial charge >= 0.3 is 0 Å². The summed E-state index contributed by atoms with van der Waals surface area (Å²) in [4.78, 5) is 9.08. The first-order valence-electron chi connectivity index (χ1n) is 8.47. The first kappa shape index (κ1) is 16.6. The molecule has 134 valence electrons. The van der Waals surface area contributed by atoms with E-state index in [-0.39, 0.29) is 12.5 Å². The van der Waals surface area contributed by atoms with E-state index in [9.17, 15) is 5.11 Å². The van der Waals surface area contributed by atoms with Gasteiger partial charge in [0.05, 0.1) is 12.5 Å². The minimum atomic E-state index is 0.0876. The summed E-state index contributed by atoms with van der Waals surface area (Å²) >= 11 is 0. The molecule has 0 fully saturated rings. The van der Waals surface area contributed by atoms with Gasteiger partial charge in [-0.25, -0.2) is 0 Å². The first-order chi connectivity index (χ1) is 12.7. The highest BCUT2D eigenvalue weighted by atomic mass is 16.7. The van der Waals surface area contributed by atoms with Crippen molar-refractivity contribution in [2.45, 2.75) is 12.8 Å². The number of phenols is 1. The molecule has 0 unspecified atom stereocenters. The van der Waals surface area contributed by atoms with E-state index in [2.05, 4.69) is 4.99 Å². The molecular formula is C20H20N2O4. The van der Waals surface area contributed by atoms with Crippen LogP contribution in [0.15, 0.2) is 34.3 Å². The van der Waals surface area contributed by atoms with Gasteiger partial charge in [0, 0.05) is 37.1 Å². The quantitative estimate of drug-likeness (QED) is 0.806. The van der Waals surface area contributed by atoms with Crippen LogP contribution in [0.5, 0.6) is 17.2 Å². The number of rotatable bonds is 6. The summed E-state index contributed by atoms with van der Waals surface area (Å²) in [6.07, 6.45) is 3.27. The van der Waals surface area contributed by atoms with Gasteiger partial charge in [-0.15, -0.1) is 0 Å². The predicted octanol–water partition coefficient (Wildman–Crippen LogP) is 1.86. The molecule has 0 saturated heterocycles. The summed E-state index contributed by atoms with van der Waals surface area (Å²) in [5, 5.41) is 12.5. The summed E-state index contributed by atoms with van der Waals surface area (Å²) < 4.78 is 15.9. The molecule has 2 heterocycles. The van der Waals surface area contributed by atoms with Gasteiger partial charge in [0.2, 0.25) is 0 Å². The second-order valence-corrected chi connectivity index (χ2v) is 6.22. The number of nitrogens with zero attached hydrogens (tertiary/aromatic N) is 2. The van der Waals surface area contributed by atoms with Crippen molar-refractivity contribution < 1.29 is 19.3 Å². The number of aromatic hydroxyl groups is 1. The van der Waals surface area contributed by atoms with Crippen molar-refractivity contribution in [2.75, 3.05) is 27.6 Å². The Kier molecular flexibility index (Phi) is 4.34. The van der Waals surface area contributed by atoms with Crippen molar-refractivity contribution in [3.63, 3.8) is 0 Å². The molecule has 2 aliphatic heterocycles. The minimum Gasteiger partial charge on any atom is -0.503 e. The van der Waals surface area contributed by atoms with Gasteiger partial charge in [0.1, 0.15) is 11.4 Å². The lowest BCUT2D eigenvalue weighted by Gasteiger charge is -2.15. The molecule has 0 atom stereocenters. The van der Waals surface area contributed by atoms with Gasteiger partial charge in [-0.05, 0) is 29.7 Å². The van der Waals surface area contributed by atoms with Crippen LogP contribution in [0.4, 0.5) is 5.69 Å². The maximum atomic E-state index is 10.6. The van der Waals surface area contributed by atoms with Crippen LogP contribution in [0.1, 0.15) is 17.5 Å². The summed E-state index contributed by atoms with van der Waals surface area (Å²) in [6.45, 7) is 0.937. The number of hydrogen-bond acceptors (Lipinski definition) is 6. The Balaban J connectivity index is 1.77. The number of methoxy groups -OCH3 is 2. The highest BCUT2D eigenvalue weighted by Gasteiger charge is 2.24. The highest BCUT2D eigenvalue weighted by Crippen LogP contribution is 2.37. The standard InChI is InChI=1S/C20H20N2O4/c1-24-11-26-14-5-3-12(4-6-14)9-15-17-16-13(7-8-21-17)10-22-18(16)19(23)20(15)25-2/h3-6,10,23H,7-9,11H2,1-2H3. The summed E-state index contributed by atoms with van der Waals surface area (Å²) in [7, 11) is 3.15. The van der Waals surface area contributed by atoms with E-state index in [1.165, 1.54) is 0 Å². The largest absolute Gasteiger partial charge is 0.503 e. The Labute approximate surface area is 151 Å². The molecular weight excluding hydrogens is 332 g/mol. The van der Waals surface area contributed by atoms with Crippen LogP contribution in [-0.4, -0.2) is 38.9 Å². The predicted molar refractivity (Wildman–Crippen MR) is 98.2 cm³/mol. The number of benzene rings is 2. The van der Waals surface area contributed by atoms with Crippen LogP contribution >= 0.6 is 0 Å². The number of phenolic OH excluding ortho intramolecular Hbond substituents is 1. The molecule has 0 aliphatic carbocycles. The molecule has 26 heavy (non-hydrogen) atoms. The molecule has 6 heteroatoms.